The van der Waals surface area contributed by atoms with E-state index in [0.717, 1.165) is 18.3 Å². The molecule has 3 heteroatoms. The van der Waals surface area contributed by atoms with Crippen LogP contribution in [0.15, 0.2) is 0 Å². The van der Waals surface area contributed by atoms with Gasteiger partial charge in [-0.15, -0.1) is 11.3 Å². The Morgan fingerprint density at radius 1 is 1.47 bits per heavy atom. The first kappa shape index (κ1) is 15.0. The highest BCUT2D eigenvalue weighted by Gasteiger charge is 2.40. The van der Waals surface area contributed by atoms with Crippen LogP contribution in [0.3, 0.4) is 0 Å². The van der Waals surface area contributed by atoms with Crippen LogP contribution >= 0.6 is 11.3 Å². The molecule has 1 aliphatic rings. The first-order valence-corrected chi connectivity index (χ1v) is 8.49. The molecule has 2 rings (SSSR count). The van der Waals surface area contributed by atoms with E-state index in [1.165, 1.54) is 41.3 Å². The van der Waals surface area contributed by atoms with Crippen LogP contribution in [-0.4, -0.2) is 12.0 Å². The molecule has 1 saturated carbocycles. The van der Waals surface area contributed by atoms with Crippen LogP contribution in [0.5, 0.6) is 0 Å². The van der Waals surface area contributed by atoms with Gasteiger partial charge < -0.3 is 5.32 Å². The topological polar surface area (TPSA) is 24.9 Å². The van der Waals surface area contributed by atoms with E-state index in [9.17, 15) is 0 Å². The Bertz CT molecular complexity index is 424. The van der Waals surface area contributed by atoms with E-state index < -0.39 is 0 Å². The Kier molecular flexibility index (Phi) is 4.67. The van der Waals surface area contributed by atoms with Gasteiger partial charge in [-0.25, -0.2) is 4.98 Å². The Hall–Kier alpha value is -0.410. The van der Waals surface area contributed by atoms with Gasteiger partial charge >= 0.3 is 0 Å². The van der Waals surface area contributed by atoms with Gasteiger partial charge in [0.2, 0.25) is 0 Å². The SMILES string of the molecule is CCc1nc(C2(NC)CCCC(C(C)C)C2)sc1C. The molecule has 0 saturated heterocycles. The van der Waals surface area contributed by atoms with E-state index in [1.54, 1.807) is 0 Å². The zero-order valence-electron chi connectivity index (χ0n) is 13.0. The summed E-state index contributed by atoms with van der Waals surface area (Å²) in [5.74, 6) is 1.61. The minimum Gasteiger partial charge on any atom is -0.308 e. The highest BCUT2D eigenvalue weighted by atomic mass is 32.1. The molecule has 0 spiro atoms. The fourth-order valence-corrected chi connectivity index (χ4v) is 4.61. The number of aromatic nitrogens is 1. The summed E-state index contributed by atoms with van der Waals surface area (Å²) >= 11 is 1.91. The monoisotopic (exact) mass is 280 g/mol. The maximum Gasteiger partial charge on any atom is 0.113 e. The third kappa shape index (κ3) is 2.87. The summed E-state index contributed by atoms with van der Waals surface area (Å²) in [6.45, 7) is 9.14. The van der Waals surface area contributed by atoms with E-state index in [2.05, 4.69) is 40.1 Å². The van der Waals surface area contributed by atoms with Gasteiger partial charge in [0.15, 0.2) is 0 Å². The summed E-state index contributed by atoms with van der Waals surface area (Å²) in [6, 6.07) is 0. The predicted molar refractivity (Wildman–Crippen MR) is 83.8 cm³/mol. The summed E-state index contributed by atoms with van der Waals surface area (Å²) in [5, 5.41) is 4.96. The van der Waals surface area contributed by atoms with Gasteiger partial charge in [-0.05, 0) is 45.1 Å². The molecule has 1 heterocycles. The van der Waals surface area contributed by atoms with Crippen molar-refractivity contribution in [3.8, 4) is 0 Å². The second kappa shape index (κ2) is 5.92. The zero-order valence-corrected chi connectivity index (χ0v) is 13.9. The number of nitrogens with one attached hydrogen (secondary N) is 1. The molecule has 0 radical (unpaired) electrons. The van der Waals surface area contributed by atoms with Gasteiger partial charge in [0.05, 0.1) is 11.2 Å². The minimum atomic E-state index is 0.135. The highest BCUT2D eigenvalue weighted by Crippen LogP contribution is 2.44. The predicted octanol–water partition coefficient (Wildman–Crippen LogP) is 4.27. The third-order valence-electron chi connectivity index (χ3n) is 4.85. The average molecular weight is 280 g/mol. The fourth-order valence-electron chi connectivity index (χ4n) is 3.38. The van der Waals surface area contributed by atoms with Gasteiger partial charge in [0, 0.05) is 4.88 Å². The Balaban J connectivity index is 2.30. The van der Waals surface area contributed by atoms with Crippen LogP contribution in [-0.2, 0) is 12.0 Å². The van der Waals surface area contributed by atoms with Crippen LogP contribution in [0.1, 0.15) is 62.0 Å². The van der Waals surface area contributed by atoms with Gasteiger partial charge in [-0.1, -0.05) is 33.6 Å². The van der Waals surface area contributed by atoms with E-state index in [4.69, 9.17) is 4.98 Å². The number of aryl methyl sites for hydroxylation is 2. The maximum atomic E-state index is 4.94. The molecule has 19 heavy (non-hydrogen) atoms. The number of thiazole rings is 1. The Morgan fingerprint density at radius 3 is 2.74 bits per heavy atom. The quantitative estimate of drug-likeness (QED) is 0.890. The number of nitrogens with zero attached hydrogens (tertiary/aromatic N) is 1. The van der Waals surface area contributed by atoms with Crippen molar-refractivity contribution in [1.82, 2.24) is 10.3 Å². The largest absolute Gasteiger partial charge is 0.308 e. The van der Waals surface area contributed by atoms with Crippen LogP contribution in [0.25, 0.3) is 0 Å². The van der Waals surface area contributed by atoms with Crippen LogP contribution in [0.2, 0.25) is 0 Å². The fraction of sp³-hybridized carbons (Fsp3) is 0.812. The molecule has 0 aromatic carbocycles. The van der Waals surface area contributed by atoms with Gasteiger partial charge in [-0.2, -0.15) is 0 Å². The van der Waals surface area contributed by atoms with Gasteiger partial charge in [-0.3, -0.25) is 0 Å². The normalized spacial score (nSPS) is 28.0. The molecule has 108 valence electrons. The number of hydrogen-bond acceptors (Lipinski definition) is 3. The van der Waals surface area contributed by atoms with E-state index in [1.807, 2.05) is 11.3 Å². The molecule has 0 bridgehead atoms. The molecule has 2 nitrogen and oxygen atoms in total. The van der Waals surface area contributed by atoms with Crippen LogP contribution < -0.4 is 5.32 Å². The molecule has 2 atom stereocenters. The van der Waals surface area contributed by atoms with E-state index >= 15 is 0 Å². The molecule has 1 N–H and O–H groups in total. The molecule has 1 fully saturated rings. The maximum absolute atomic E-state index is 4.94. The molecule has 2 unspecified atom stereocenters. The summed E-state index contributed by atoms with van der Waals surface area (Å²) < 4.78 is 0. The average Bonchev–Trinajstić information content (AvgIpc) is 2.80. The van der Waals surface area contributed by atoms with E-state index in [-0.39, 0.29) is 5.54 Å². The molecular formula is C16H28N2S. The lowest BCUT2D eigenvalue weighted by atomic mass is 9.72. The second-order valence-corrected chi connectivity index (χ2v) is 7.51. The highest BCUT2D eigenvalue weighted by molar-refractivity contribution is 7.11. The van der Waals surface area contributed by atoms with Crippen molar-refractivity contribution in [3.63, 3.8) is 0 Å². The lowest BCUT2D eigenvalue weighted by molar-refractivity contribution is 0.155. The van der Waals surface area contributed by atoms with Crippen molar-refractivity contribution in [2.75, 3.05) is 7.05 Å². The Labute approximate surface area is 122 Å². The van der Waals surface area contributed by atoms with Crippen molar-refractivity contribution >= 4 is 11.3 Å². The minimum absolute atomic E-state index is 0.135. The lowest BCUT2D eigenvalue weighted by Crippen LogP contribution is -2.45. The third-order valence-corrected chi connectivity index (χ3v) is 6.06. The standard InChI is InChI=1S/C16H28N2S/c1-6-14-12(4)19-15(18-14)16(17-5)9-7-8-13(10-16)11(2)3/h11,13,17H,6-10H2,1-5H3. The smallest absolute Gasteiger partial charge is 0.113 e. The van der Waals surface area contributed by atoms with Crippen molar-refractivity contribution in [1.29, 1.82) is 0 Å². The van der Waals surface area contributed by atoms with Crippen LogP contribution in [0, 0.1) is 18.8 Å². The van der Waals surface area contributed by atoms with Crippen molar-refractivity contribution in [2.45, 2.75) is 65.3 Å². The summed E-state index contributed by atoms with van der Waals surface area (Å²) in [4.78, 5) is 6.35. The molecule has 1 aliphatic carbocycles. The van der Waals surface area contributed by atoms with E-state index in [0.29, 0.717) is 0 Å². The lowest BCUT2D eigenvalue weighted by Gasteiger charge is -2.41. The van der Waals surface area contributed by atoms with Crippen molar-refractivity contribution in [3.05, 3.63) is 15.6 Å². The molecule has 0 aliphatic heterocycles. The molecule has 1 aromatic heterocycles. The summed E-state index contributed by atoms with van der Waals surface area (Å²) in [5.41, 5.74) is 1.43. The second-order valence-electron chi connectivity index (χ2n) is 6.31. The Morgan fingerprint density at radius 2 is 2.21 bits per heavy atom. The van der Waals surface area contributed by atoms with Crippen LogP contribution in [0.4, 0.5) is 0 Å². The van der Waals surface area contributed by atoms with Crippen molar-refractivity contribution in [2.24, 2.45) is 11.8 Å². The molecule has 0 amide bonds. The summed E-state index contributed by atoms with van der Waals surface area (Å²) in [6.07, 6.45) is 6.24. The molecule has 1 aromatic rings. The number of hydrogen-bond donors (Lipinski definition) is 1. The zero-order chi connectivity index (χ0) is 14.0. The number of rotatable bonds is 4. The first-order chi connectivity index (χ1) is 9.02. The van der Waals surface area contributed by atoms with Gasteiger partial charge in [0.25, 0.3) is 0 Å². The van der Waals surface area contributed by atoms with Crippen molar-refractivity contribution < 1.29 is 0 Å². The van der Waals surface area contributed by atoms with Gasteiger partial charge in [0.1, 0.15) is 5.01 Å². The summed E-state index contributed by atoms with van der Waals surface area (Å²) in [7, 11) is 2.12. The molecular weight excluding hydrogens is 252 g/mol. The first-order valence-electron chi connectivity index (χ1n) is 7.68.